The topological polar surface area (TPSA) is 20.2 Å². The van der Waals surface area contributed by atoms with Crippen molar-refractivity contribution in [2.24, 2.45) is 5.92 Å². The lowest BCUT2D eigenvalue weighted by molar-refractivity contribution is 0.137. The number of hydrogen-bond donors (Lipinski definition) is 1. The lowest BCUT2D eigenvalue weighted by Gasteiger charge is -2.12. The van der Waals surface area contributed by atoms with Crippen LogP contribution in [0.3, 0.4) is 0 Å². The molecule has 0 aromatic heterocycles. The second kappa shape index (κ2) is 7.93. The molecule has 0 aromatic carbocycles. The Morgan fingerprint density at radius 1 is 1.25 bits per heavy atom. The van der Waals surface area contributed by atoms with E-state index in [4.69, 9.17) is 0 Å². The van der Waals surface area contributed by atoms with Crippen molar-refractivity contribution in [3.05, 3.63) is 0 Å². The van der Waals surface area contributed by atoms with Gasteiger partial charge >= 0.3 is 0 Å². The largest absolute Gasteiger partial charge is 0.393 e. The molecule has 0 aliphatic carbocycles. The van der Waals surface area contributed by atoms with Gasteiger partial charge in [0, 0.05) is 0 Å². The molecule has 0 saturated heterocycles. The summed E-state index contributed by atoms with van der Waals surface area (Å²) >= 11 is 1.89. The van der Waals surface area contributed by atoms with Crippen LogP contribution in [0.1, 0.15) is 39.5 Å². The maximum atomic E-state index is 9.51. The predicted molar refractivity (Wildman–Crippen MR) is 57.7 cm³/mol. The fourth-order valence-electron chi connectivity index (χ4n) is 1.29. The fraction of sp³-hybridized carbons (Fsp3) is 1.00. The molecule has 0 aliphatic rings. The van der Waals surface area contributed by atoms with Crippen molar-refractivity contribution in [2.45, 2.75) is 45.6 Å². The first-order valence-electron chi connectivity index (χ1n) is 4.83. The number of hydrogen-bond acceptors (Lipinski definition) is 2. The summed E-state index contributed by atoms with van der Waals surface area (Å²) in [6.45, 7) is 4.32. The van der Waals surface area contributed by atoms with Gasteiger partial charge < -0.3 is 5.11 Å². The van der Waals surface area contributed by atoms with Crippen LogP contribution >= 0.6 is 11.8 Å². The van der Waals surface area contributed by atoms with Crippen LogP contribution in [0.25, 0.3) is 0 Å². The van der Waals surface area contributed by atoms with Gasteiger partial charge in [-0.05, 0) is 37.2 Å². The van der Waals surface area contributed by atoms with Crippen LogP contribution in [-0.4, -0.2) is 23.2 Å². The SMILES string of the molecule is CSCCCCC(O)CC(C)C. The predicted octanol–water partition coefficient (Wildman–Crippen LogP) is 2.93. The van der Waals surface area contributed by atoms with E-state index in [0.29, 0.717) is 5.92 Å². The molecule has 0 aliphatic heterocycles. The van der Waals surface area contributed by atoms with Crippen LogP contribution in [0.15, 0.2) is 0 Å². The Morgan fingerprint density at radius 3 is 2.42 bits per heavy atom. The molecule has 0 fully saturated rings. The summed E-state index contributed by atoms with van der Waals surface area (Å²) in [7, 11) is 0. The van der Waals surface area contributed by atoms with Crippen molar-refractivity contribution in [3.8, 4) is 0 Å². The van der Waals surface area contributed by atoms with Gasteiger partial charge in [0.2, 0.25) is 0 Å². The summed E-state index contributed by atoms with van der Waals surface area (Å²) in [5.74, 6) is 1.86. The molecule has 0 radical (unpaired) electrons. The Hall–Kier alpha value is 0.310. The van der Waals surface area contributed by atoms with E-state index in [1.165, 1.54) is 18.6 Å². The van der Waals surface area contributed by atoms with Crippen molar-refractivity contribution in [1.82, 2.24) is 0 Å². The van der Waals surface area contributed by atoms with Crippen LogP contribution in [0.2, 0.25) is 0 Å². The lowest BCUT2D eigenvalue weighted by atomic mass is 10.0. The quantitative estimate of drug-likeness (QED) is 0.623. The Kier molecular flexibility index (Phi) is 8.14. The molecule has 1 nitrogen and oxygen atoms in total. The van der Waals surface area contributed by atoms with Gasteiger partial charge in [0.15, 0.2) is 0 Å². The van der Waals surface area contributed by atoms with E-state index in [1.54, 1.807) is 0 Å². The smallest absolute Gasteiger partial charge is 0.0542 e. The first-order valence-corrected chi connectivity index (χ1v) is 6.23. The van der Waals surface area contributed by atoms with Gasteiger partial charge in [-0.1, -0.05) is 20.3 Å². The number of rotatable bonds is 7. The summed E-state index contributed by atoms with van der Waals surface area (Å²) in [4.78, 5) is 0. The van der Waals surface area contributed by atoms with Crippen LogP contribution in [0.5, 0.6) is 0 Å². The molecule has 1 N–H and O–H groups in total. The summed E-state index contributed by atoms with van der Waals surface area (Å²) in [6.07, 6.45) is 6.43. The molecule has 0 spiro atoms. The zero-order chi connectivity index (χ0) is 9.40. The van der Waals surface area contributed by atoms with Gasteiger partial charge in [-0.15, -0.1) is 0 Å². The van der Waals surface area contributed by atoms with Gasteiger partial charge in [-0.3, -0.25) is 0 Å². The molecule has 12 heavy (non-hydrogen) atoms. The van der Waals surface area contributed by atoms with Crippen molar-refractivity contribution in [3.63, 3.8) is 0 Å². The highest BCUT2D eigenvalue weighted by molar-refractivity contribution is 7.98. The van der Waals surface area contributed by atoms with Crippen molar-refractivity contribution in [2.75, 3.05) is 12.0 Å². The van der Waals surface area contributed by atoms with E-state index in [2.05, 4.69) is 20.1 Å². The second-order valence-corrected chi connectivity index (χ2v) is 4.76. The Morgan fingerprint density at radius 2 is 1.92 bits per heavy atom. The highest BCUT2D eigenvalue weighted by Gasteiger charge is 2.05. The third kappa shape index (κ3) is 8.41. The van der Waals surface area contributed by atoms with Gasteiger partial charge in [0.1, 0.15) is 0 Å². The molecule has 2 heteroatoms. The minimum absolute atomic E-state index is 0.0631. The van der Waals surface area contributed by atoms with E-state index >= 15 is 0 Å². The zero-order valence-electron chi connectivity index (χ0n) is 8.55. The standard InChI is InChI=1S/C10H22OS/c1-9(2)8-10(11)6-4-5-7-12-3/h9-11H,4-8H2,1-3H3. The first kappa shape index (κ1) is 12.3. The molecule has 0 bridgehead atoms. The minimum atomic E-state index is -0.0631. The van der Waals surface area contributed by atoms with Crippen molar-refractivity contribution in [1.29, 1.82) is 0 Å². The van der Waals surface area contributed by atoms with Crippen molar-refractivity contribution < 1.29 is 5.11 Å². The molecule has 0 rings (SSSR count). The van der Waals surface area contributed by atoms with E-state index < -0.39 is 0 Å². The van der Waals surface area contributed by atoms with Gasteiger partial charge in [-0.25, -0.2) is 0 Å². The molecule has 0 aromatic rings. The number of thioether (sulfide) groups is 1. The fourth-order valence-corrected chi connectivity index (χ4v) is 1.78. The summed E-state index contributed by atoms with van der Waals surface area (Å²) < 4.78 is 0. The molecular formula is C10H22OS. The molecule has 74 valence electrons. The third-order valence-corrected chi connectivity index (χ3v) is 2.58. The summed E-state index contributed by atoms with van der Waals surface area (Å²) in [5.41, 5.74) is 0. The molecule has 1 unspecified atom stereocenters. The maximum absolute atomic E-state index is 9.51. The highest BCUT2D eigenvalue weighted by atomic mass is 32.2. The Balaban J connectivity index is 3.14. The van der Waals surface area contributed by atoms with Gasteiger partial charge in [0.25, 0.3) is 0 Å². The van der Waals surface area contributed by atoms with Crippen LogP contribution in [-0.2, 0) is 0 Å². The van der Waals surface area contributed by atoms with Crippen LogP contribution < -0.4 is 0 Å². The lowest BCUT2D eigenvalue weighted by Crippen LogP contribution is -2.09. The Labute approximate surface area is 80.9 Å². The van der Waals surface area contributed by atoms with E-state index in [9.17, 15) is 5.11 Å². The highest BCUT2D eigenvalue weighted by Crippen LogP contribution is 2.11. The van der Waals surface area contributed by atoms with Crippen LogP contribution in [0.4, 0.5) is 0 Å². The van der Waals surface area contributed by atoms with Crippen molar-refractivity contribution >= 4 is 11.8 Å². The number of aliphatic hydroxyl groups excluding tert-OH is 1. The van der Waals surface area contributed by atoms with E-state index in [0.717, 1.165) is 12.8 Å². The third-order valence-electron chi connectivity index (χ3n) is 1.88. The first-order chi connectivity index (χ1) is 5.66. The summed E-state index contributed by atoms with van der Waals surface area (Å²) in [5, 5.41) is 9.51. The second-order valence-electron chi connectivity index (χ2n) is 3.77. The average molecular weight is 190 g/mol. The monoisotopic (exact) mass is 190 g/mol. The molecule has 0 heterocycles. The molecular weight excluding hydrogens is 168 g/mol. The maximum Gasteiger partial charge on any atom is 0.0542 e. The van der Waals surface area contributed by atoms with Gasteiger partial charge in [-0.2, -0.15) is 11.8 Å². The average Bonchev–Trinajstić information content (AvgIpc) is 1.97. The number of unbranched alkanes of at least 4 members (excludes halogenated alkanes) is 1. The Bertz CT molecular complexity index is 93.8. The molecule has 0 amide bonds. The van der Waals surface area contributed by atoms with Gasteiger partial charge in [0.05, 0.1) is 6.10 Å². The van der Waals surface area contributed by atoms with E-state index in [1.807, 2.05) is 11.8 Å². The molecule has 0 saturated carbocycles. The zero-order valence-corrected chi connectivity index (χ0v) is 9.36. The minimum Gasteiger partial charge on any atom is -0.393 e. The summed E-state index contributed by atoms with van der Waals surface area (Å²) in [6, 6.07) is 0. The van der Waals surface area contributed by atoms with Crippen LogP contribution in [0, 0.1) is 5.92 Å². The number of aliphatic hydroxyl groups is 1. The normalized spacial score (nSPS) is 13.8. The molecule has 1 atom stereocenters. The van der Waals surface area contributed by atoms with E-state index in [-0.39, 0.29) is 6.10 Å².